The number of hydrogen-bond donors (Lipinski definition) is 0. The zero-order valence-electron chi connectivity index (χ0n) is 27.1. The molecule has 10 aromatic rings. The average Bonchev–Trinajstić information content (AvgIpc) is 3.70. The van der Waals surface area contributed by atoms with Gasteiger partial charge in [0.25, 0.3) is 0 Å². The van der Waals surface area contributed by atoms with Gasteiger partial charge in [0.1, 0.15) is 0 Å². The molecule has 234 valence electrons. The Hall–Kier alpha value is -6.78. The van der Waals surface area contributed by atoms with E-state index in [-0.39, 0.29) is 0 Å². The van der Waals surface area contributed by atoms with Crippen molar-refractivity contribution < 1.29 is 0 Å². The van der Waals surface area contributed by atoms with E-state index in [0.717, 1.165) is 50.5 Å². The third-order valence-electron chi connectivity index (χ3n) is 9.73. The van der Waals surface area contributed by atoms with Gasteiger partial charge >= 0.3 is 0 Å². The zero-order chi connectivity index (χ0) is 33.0. The van der Waals surface area contributed by atoms with Crippen LogP contribution in [0.1, 0.15) is 0 Å². The lowest BCUT2D eigenvalue weighted by Gasteiger charge is -2.15. The maximum Gasteiger partial charge on any atom is 0.162 e. The van der Waals surface area contributed by atoms with Crippen LogP contribution < -0.4 is 0 Å². The minimum Gasteiger partial charge on any atom is -0.309 e. The highest BCUT2D eigenvalue weighted by atomic mass is 15.0. The van der Waals surface area contributed by atoms with E-state index in [1.807, 2.05) is 12.1 Å². The molecule has 0 aliphatic carbocycles. The van der Waals surface area contributed by atoms with Gasteiger partial charge in [-0.15, -0.1) is 0 Å². The van der Waals surface area contributed by atoms with Crippen molar-refractivity contribution in [3.05, 3.63) is 182 Å². The highest BCUT2D eigenvalue weighted by Crippen LogP contribution is 2.41. The van der Waals surface area contributed by atoms with Crippen LogP contribution >= 0.6 is 0 Å². The van der Waals surface area contributed by atoms with Crippen molar-refractivity contribution in [2.45, 2.75) is 0 Å². The largest absolute Gasteiger partial charge is 0.309 e. The molecule has 3 aromatic heterocycles. The summed E-state index contributed by atoms with van der Waals surface area (Å²) in [6.45, 7) is 0. The van der Waals surface area contributed by atoms with Crippen molar-refractivity contribution in [2.24, 2.45) is 0 Å². The number of para-hydroxylation sites is 4. The Morgan fingerprint density at radius 1 is 0.340 bits per heavy atom. The van der Waals surface area contributed by atoms with E-state index in [1.165, 1.54) is 32.6 Å². The SMILES string of the molecule is c1ccc(-c2cc(-c3ccccc3)nc(-c3ccccc3-n3c4ccccc4c4cc5c6ccccc6n(-c6ccccc6)c5cc43)n2)cc1. The van der Waals surface area contributed by atoms with Gasteiger partial charge in [-0.05, 0) is 54.6 Å². The monoisotopic (exact) mass is 638 g/mol. The predicted molar refractivity (Wildman–Crippen MR) is 207 cm³/mol. The van der Waals surface area contributed by atoms with Crippen LogP contribution in [0.15, 0.2) is 182 Å². The van der Waals surface area contributed by atoms with Crippen LogP contribution in [0.3, 0.4) is 0 Å². The van der Waals surface area contributed by atoms with Gasteiger partial charge in [0.2, 0.25) is 0 Å². The van der Waals surface area contributed by atoms with Gasteiger partial charge in [0.15, 0.2) is 5.82 Å². The summed E-state index contributed by atoms with van der Waals surface area (Å²) in [6, 6.07) is 64.2. The van der Waals surface area contributed by atoms with Crippen LogP contribution in [-0.4, -0.2) is 19.1 Å². The Kier molecular flexibility index (Phi) is 6.46. The Morgan fingerprint density at radius 2 is 0.820 bits per heavy atom. The van der Waals surface area contributed by atoms with Crippen LogP contribution in [0, 0.1) is 0 Å². The smallest absolute Gasteiger partial charge is 0.162 e. The second-order valence-electron chi connectivity index (χ2n) is 12.6. The first-order valence-corrected chi connectivity index (χ1v) is 16.9. The fourth-order valence-electron chi connectivity index (χ4n) is 7.48. The van der Waals surface area contributed by atoms with Crippen LogP contribution in [0.25, 0.3) is 88.9 Å². The molecule has 0 spiro atoms. The molecule has 7 aromatic carbocycles. The number of benzene rings is 7. The lowest BCUT2D eigenvalue weighted by Crippen LogP contribution is -2.01. The predicted octanol–water partition coefficient (Wildman–Crippen LogP) is 11.7. The van der Waals surface area contributed by atoms with Crippen molar-refractivity contribution in [2.75, 3.05) is 0 Å². The molecule has 0 atom stereocenters. The molecule has 4 nitrogen and oxygen atoms in total. The lowest BCUT2D eigenvalue weighted by molar-refractivity contribution is 1.14. The summed E-state index contributed by atoms with van der Waals surface area (Å²) in [5.74, 6) is 0.686. The molecule has 0 unspecified atom stereocenters. The highest BCUT2D eigenvalue weighted by molar-refractivity contribution is 6.19. The minimum absolute atomic E-state index is 0.686. The van der Waals surface area contributed by atoms with Crippen molar-refractivity contribution in [1.82, 2.24) is 19.1 Å². The van der Waals surface area contributed by atoms with E-state index in [1.54, 1.807) is 0 Å². The fraction of sp³-hybridized carbons (Fsp3) is 0. The summed E-state index contributed by atoms with van der Waals surface area (Å²) in [7, 11) is 0. The molecule has 0 fully saturated rings. The maximum absolute atomic E-state index is 5.23. The minimum atomic E-state index is 0.686. The number of hydrogen-bond acceptors (Lipinski definition) is 2. The molecular formula is C46H30N4. The van der Waals surface area contributed by atoms with Crippen LogP contribution in [-0.2, 0) is 0 Å². The molecule has 0 saturated heterocycles. The number of rotatable bonds is 5. The molecule has 0 aliphatic heterocycles. The van der Waals surface area contributed by atoms with E-state index in [2.05, 4.69) is 179 Å². The third kappa shape index (κ3) is 4.46. The van der Waals surface area contributed by atoms with Gasteiger partial charge in [0, 0.05) is 43.9 Å². The van der Waals surface area contributed by atoms with Crippen LogP contribution in [0.5, 0.6) is 0 Å². The lowest BCUT2D eigenvalue weighted by atomic mass is 10.1. The average molecular weight is 639 g/mol. The quantitative estimate of drug-likeness (QED) is 0.188. The maximum atomic E-state index is 5.23. The Bertz CT molecular complexity index is 2790. The van der Waals surface area contributed by atoms with Gasteiger partial charge in [0.05, 0.1) is 39.1 Å². The van der Waals surface area contributed by atoms with E-state index in [9.17, 15) is 0 Å². The van der Waals surface area contributed by atoms with Crippen LogP contribution in [0.2, 0.25) is 0 Å². The number of nitrogens with zero attached hydrogens (tertiary/aromatic N) is 4. The summed E-state index contributed by atoms with van der Waals surface area (Å²) in [6.07, 6.45) is 0. The summed E-state index contributed by atoms with van der Waals surface area (Å²) in [5, 5.41) is 4.90. The van der Waals surface area contributed by atoms with E-state index in [4.69, 9.17) is 9.97 Å². The number of aromatic nitrogens is 4. The summed E-state index contributed by atoms with van der Waals surface area (Å²) >= 11 is 0. The standard InChI is InChI=1S/C46H30N4/c1-4-16-31(17-5-1)39-29-40(32-18-6-2-7-19-32)48-46(47-39)36-24-12-15-27-43(36)50-42-26-14-11-23-35(42)38-28-37-34-22-10-13-25-41(34)49(44(37)30-45(38)50)33-20-8-3-9-21-33/h1-30H. The van der Waals surface area contributed by atoms with Crippen molar-refractivity contribution in [3.8, 4) is 45.3 Å². The third-order valence-corrected chi connectivity index (χ3v) is 9.73. The van der Waals surface area contributed by atoms with Gasteiger partial charge < -0.3 is 9.13 Å². The molecule has 50 heavy (non-hydrogen) atoms. The normalized spacial score (nSPS) is 11.6. The molecule has 0 amide bonds. The topological polar surface area (TPSA) is 35.6 Å². The molecular weight excluding hydrogens is 609 g/mol. The molecule has 10 rings (SSSR count). The Labute approximate surface area is 289 Å². The Balaban J connectivity index is 1.28. The van der Waals surface area contributed by atoms with Crippen molar-refractivity contribution in [3.63, 3.8) is 0 Å². The fourth-order valence-corrected chi connectivity index (χ4v) is 7.48. The summed E-state index contributed by atoms with van der Waals surface area (Å²) in [4.78, 5) is 10.5. The van der Waals surface area contributed by atoms with Crippen LogP contribution in [0.4, 0.5) is 0 Å². The second kappa shape index (κ2) is 11.4. The Morgan fingerprint density at radius 3 is 1.44 bits per heavy atom. The molecule has 0 radical (unpaired) electrons. The summed E-state index contributed by atoms with van der Waals surface area (Å²) in [5.41, 5.74) is 11.7. The first-order valence-electron chi connectivity index (χ1n) is 16.9. The van der Waals surface area contributed by atoms with Gasteiger partial charge in [-0.3, -0.25) is 0 Å². The first-order chi connectivity index (χ1) is 24.8. The molecule has 0 N–H and O–H groups in total. The van der Waals surface area contributed by atoms with E-state index < -0.39 is 0 Å². The van der Waals surface area contributed by atoms with Gasteiger partial charge in [-0.25, -0.2) is 9.97 Å². The van der Waals surface area contributed by atoms with E-state index in [0.29, 0.717) is 5.82 Å². The highest BCUT2D eigenvalue weighted by Gasteiger charge is 2.21. The second-order valence-corrected chi connectivity index (χ2v) is 12.6. The first kappa shape index (κ1) is 28.3. The van der Waals surface area contributed by atoms with Crippen molar-refractivity contribution in [1.29, 1.82) is 0 Å². The molecule has 4 heteroatoms. The number of fused-ring (bicyclic) bond motifs is 6. The molecule has 0 bridgehead atoms. The summed E-state index contributed by atoms with van der Waals surface area (Å²) < 4.78 is 4.78. The van der Waals surface area contributed by atoms with Crippen molar-refractivity contribution >= 4 is 43.6 Å². The van der Waals surface area contributed by atoms with E-state index >= 15 is 0 Å². The van der Waals surface area contributed by atoms with Gasteiger partial charge in [-0.2, -0.15) is 0 Å². The zero-order valence-corrected chi connectivity index (χ0v) is 27.1. The molecule has 3 heterocycles. The molecule has 0 aliphatic rings. The molecule has 0 saturated carbocycles. The van der Waals surface area contributed by atoms with Gasteiger partial charge in [-0.1, -0.05) is 127 Å².